The van der Waals surface area contributed by atoms with Gasteiger partial charge in [0.05, 0.1) is 4.90 Å². The van der Waals surface area contributed by atoms with Gasteiger partial charge in [0, 0.05) is 31.5 Å². The lowest BCUT2D eigenvalue weighted by molar-refractivity contribution is 0.567. The van der Waals surface area contributed by atoms with Crippen LogP contribution < -0.4 is 10.0 Å². The standard InChI is InChI=1S/C15H21N3O2S/c1-12(13-7-5-4-6-8-13)17-21(19,20)15-9-14(10-16-2)18(3)11-15/h4-9,11-12,16-17H,10H2,1-3H3. The molecule has 1 atom stereocenters. The van der Waals surface area contributed by atoms with Crippen molar-refractivity contribution in [2.75, 3.05) is 7.05 Å². The zero-order valence-corrected chi connectivity index (χ0v) is 13.3. The van der Waals surface area contributed by atoms with Crippen molar-refractivity contribution in [3.63, 3.8) is 0 Å². The number of hydrogen-bond acceptors (Lipinski definition) is 3. The van der Waals surface area contributed by atoms with E-state index in [2.05, 4.69) is 10.0 Å². The lowest BCUT2D eigenvalue weighted by Crippen LogP contribution is -2.26. The fourth-order valence-corrected chi connectivity index (χ4v) is 3.52. The topological polar surface area (TPSA) is 63.1 Å². The van der Waals surface area contributed by atoms with Gasteiger partial charge < -0.3 is 9.88 Å². The second-order valence-electron chi connectivity index (χ2n) is 5.06. The van der Waals surface area contributed by atoms with Crippen LogP contribution in [0.4, 0.5) is 0 Å². The third-order valence-corrected chi connectivity index (χ3v) is 4.89. The van der Waals surface area contributed by atoms with Gasteiger partial charge in [-0.1, -0.05) is 30.3 Å². The molecule has 2 aromatic rings. The average molecular weight is 307 g/mol. The number of nitrogens with zero attached hydrogens (tertiary/aromatic N) is 1. The van der Waals surface area contributed by atoms with Crippen molar-refractivity contribution in [1.29, 1.82) is 0 Å². The third kappa shape index (κ3) is 3.72. The van der Waals surface area contributed by atoms with E-state index in [9.17, 15) is 8.42 Å². The molecule has 1 aromatic carbocycles. The minimum absolute atomic E-state index is 0.274. The Hall–Kier alpha value is -1.63. The van der Waals surface area contributed by atoms with Crippen LogP contribution >= 0.6 is 0 Å². The Morgan fingerprint density at radius 2 is 1.90 bits per heavy atom. The molecule has 1 aromatic heterocycles. The maximum Gasteiger partial charge on any atom is 0.242 e. The van der Waals surface area contributed by atoms with Crippen LogP contribution in [-0.4, -0.2) is 20.0 Å². The average Bonchev–Trinajstić information content (AvgIpc) is 2.82. The minimum Gasteiger partial charge on any atom is -0.352 e. The molecular weight excluding hydrogens is 286 g/mol. The van der Waals surface area contributed by atoms with E-state index in [0.717, 1.165) is 11.3 Å². The summed E-state index contributed by atoms with van der Waals surface area (Å²) in [5.41, 5.74) is 1.86. The molecular formula is C15H21N3O2S. The second-order valence-corrected chi connectivity index (χ2v) is 6.78. The van der Waals surface area contributed by atoms with Crippen molar-refractivity contribution in [1.82, 2.24) is 14.6 Å². The van der Waals surface area contributed by atoms with Gasteiger partial charge in [0.1, 0.15) is 0 Å². The summed E-state index contributed by atoms with van der Waals surface area (Å²) >= 11 is 0. The molecule has 0 spiro atoms. The summed E-state index contributed by atoms with van der Waals surface area (Å²) in [7, 11) is 0.144. The number of aromatic nitrogens is 1. The van der Waals surface area contributed by atoms with Gasteiger partial charge in [-0.05, 0) is 25.6 Å². The van der Waals surface area contributed by atoms with E-state index >= 15 is 0 Å². The van der Waals surface area contributed by atoms with Crippen molar-refractivity contribution >= 4 is 10.0 Å². The molecule has 1 unspecified atom stereocenters. The summed E-state index contributed by atoms with van der Waals surface area (Å²) in [6.45, 7) is 2.46. The second kappa shape index (κ2) is 6.43. The molecule has 0 saturated carbocycles. The molecule has 0 amide bonds. The van der Waals surface area contributed by atoms with Crippen LogP contribution in [0, 0.1) is 0 Å². The van der Waals surface area contributed by atoms with E-state index < -0.39 is 10.0 Å². The number of aryl methyl sites for hydroxylation is 1. The van der Waals surface area contributed by atoms with Gasteiger partial charge in [-0.25, -0.2) is 13.1 Å². The highest BCUT2D eigenvalue weighted by atomic mass is 32.2. The molecule has 0 radical (unpaired) electrons. The number of nitrogens with one attached hydrogen (secondary N) is 2. The molecule has 5 nitrogen and oxygen atoms in total. The van der Waals surface area contributed by atoms with E-state index in [1.165, 1.54) is 0 Å². The number of hydrogen-bond donors (Lipinski definition) is 2. The summed E-state index contributed by atoms with van der Waals surface area (Å²) in [4.78, 5) is 0.290. The fraction of sp³-hybridized carbons (Fsp3) is 0.333. The molecule has 1 heterocycles. The molecule has 0 saturated heterocycles. The maximum atomic E-state index is 12.4. The first kappa shape index (κ1) is 15.8. The largest absolute Gasteiger partial charge is 0.352 e. The van der Waals surface area contributed by atoms with Gasteiger partial charge in [-0.2, -0.15) is 0 Å². The number of rotatable bonds is 6. The van der Waals surface area contributed by atoms with Crippen LogP contribution in [0.15, 0.2) is 47.5 Å². The summed E-state index contributed by atoms with van der Waals surface area (Å²) < 4.78 is 29.4. The zero-order chi connectivity index (χ0) is 15.5. The van der Waals surface area contributed by atoms with Gasteiger partial charge in [0.2, 0.25) is 10.0 Å². The van der Waals surface area contributed by atoms with E-state index in [1.807, 2.05) is 55.9 Å². The van der Waals surface area contributed by atoms with Crippen LogP contribution in [0.5, 0.6) is 0 Å². The molecule has 0 bridgehead atoms. The lowest BCUT2D eigenvalue weighted by Gasteiger charge is -2.13. The highest BCUT2D eigenvalue weighted by Gasteiger charge is 2.20. The van der Waals surface area contributed by atoms with E-state index in [-0.39, 0.29) is 10.9 Å². The van der Waals surface area contributed by atoms with Crippen molar-refractivity contribution in [3.8, 4) is 0 Å². The van der Waals surface area contributed by atoms with Crippen molar-refractivity contribution < 1.29 is 8.42 Å². The summed E-state index contributed by atoms with van der Waals surface area (Å²) in [6.07, 6.45) is 1.63. The quantitative estimate of drug-likeness (QED) is 0.855. The Morgan fingerprint density at radius 3 is 2.52 bits per heavy atom. The predicted octanol–water partition coefficient (Wildman–Crippen LogP) is 1.78. The van der Waals surface area contributed by atoms with Crippen LogP contribution in [0.25, 0.3) is 0 Å². The van der Waals surface area contributed by atoms with E-state index in [1.54, 1.807) is 12.3 Å². The lowest BCUT2D eigenvalue weighted by atomic mass is 10.1. The Bertz CT molecular complexity index is 693. The van der Waals surface area contributed by atoms with Gasteiger partial charge in [0.25, 0.3) is 0 Å². The van der Waals surface area contributed by atoms with Gasteiger partial charge in [-0.3, -0.25) is 0 Å². The molecule has 0 fully saturated rings. The molecule has 2 N–H and O–H groups in total. The molecule has 0 aliphatic carbocycles. The minimum atomic E-state index is -3.53. The van der Waals surface area contributed by atoms with Crippen LogP contribution in [0.2, 0.25) is 0 Å². The van der Waals surface area contributed by atoms with Gasteiger partial charge >= 0.3 is 0 Å². The van der Waals surface area contributed by atoms with Crippen molar-refractivity contribution in [2.24, 2.45) is 7.05 Å². The predicted molar refractivity (Wildman–Crippen MR) is 83.4 cm³/mol. The highest BCUT2D eigenvalue weighted by molar-refractivity contribution is 7.89. The Labute approximate surface area is 126 Å². The first-order valence-corrected chi connectivity index (χ1v) is 8.29. The Balaban J connectivity index is 2.20. The maximum absolute atomic E-state index is 12.4. The zero-order valence-electron chi connectivity index (χ0n) is 12.5. The molecule has 6 heteroatoms. The monoisotopic (exact) mass is 307 g/mol. The van der Waals surface area contributed by atoms with E-state index in [0.29, 0.717) is 6.54 Å². The number of benzene rings is 1. The van der Waals surface area contributed by atoms with Gasteiger partial charge in [0.15, 0.2) is 0 Å². The third-order valence-electron chi connectivity index (χ3n) is 3.38. The van der Waals surface area contributed by atoms with Crippen LogP contribution in [-0.2, 0) is 23.6 Å². The van der Waals surface area contributed by atoms with Crippen LogP contribution in [0.1, 0.15) is 24.2 Å². The molecule has 2 rings (SSSR count). The highest BCUT2D eigenvalue weighted by Crippen LogP contribution is 2.18. The smallest absolute Gasteiger partial charge is 0.242 e. The Kier molecular flexibility index (Phi) is 4.82. The molecule has 0 aliphatic heterocycles. The summed E-state index contributed by atoms with van der Waals surface area (Å²) in [5.74, 6) is 0. The number of sulfonamides is 1. The molecule has 0 aliphatic rings. The normalized spacial score (nSPS) is 13.3. The molecule has 114 valence electrons. The van der Waals surface area contributed by atoms with Gasteiger partial charge in [-0.15, -0.1) is 0 Å². The molecule has 21 heavy (non-hydrogen) atoms. The van der Waals surface area contributed by atoms with E-state index in [4.69, 9.17) is 0 Å². The summed E-state index contributed by atoms with van der Waals surface area (Å²) in [5, 5.41) is 3.02. The van der Waals surface area contributed by atoms with Crippen LogP contribution in [0.3, 0.4) is 0 Å². The summed E-state index contributed by atoms with van der Waals surface area (Å²) in [6, 6.07) is 10.9. The van der Waals surface area contributed by atoms with Crippen molar-refractivity contribution in [2.45, 2.75) is 24.4 Å². The first-order chi connectivity index (χ1) is 9.94. The van der Waals surface area contributed by atoms with Crippen molar-refractivity contribution in [3.05, 3.63) is 53.9 Å². The fourth-order valence-electron chi connectivity index (χ4n) is 2.19. The Morgan fingerprint density at radius 1 is 1.24 bits per heavy atom. The first-order valence-electron chi connectivity index (χ1n) is 6.81. The SMILES string of the molecule is CNCc1cc(S(=O)(=O)NC(C)c2ccccc2)cn1C.